The van der Waals surface area contributed by atoms with Crippen LogP contribution in [0.4, 0.5) is 4.39 Å². The molecule has 0 radical (unpaired) electrons. The van der Waals surface area contributed by atoms with E-state index in [2.05, 4.69) is 0 Å². The van der Waals surface area contributed by atoms with Crippen LogP contribution in [0.5, 0.6) is 0 Å². The Morgan fingerprint density at radius 3 is 2.33 bits per heavy atom. The summed E-state index contributed by atoms with van der Waals surface area (Å²) in [5.74, 6) is 0.542. The van der Waals surface area contributed by atoms with Crippen molar-refractivity contribution in [3.8, 4) is 0 Å². The molecule has 0 amide bonds. The minimum Gasteiger partial charge on any atom is -0.327 e. The van der Waals surface area contributed by atoms with Gasteiger partial charge in [-0.15, -0.1) is 0 Å². The summed E-state index contributed by atoms with van der Waals surface area (Å²) in [5, 5.41) is 0. The summed E-state index contributed by atoms with van der Waals surface area (Å²) in [6.07, 6.45) is 2.50. The van der Waals surface area contributed by atoms with Crippen LogP contribution in [0.25, 0.3) is 0 Å². The minimum atomic E-state index is -0.556. The molecule has 0 aromatic carbocycles. The molecule has 2 saturated carbocycles. The molecule has 0 unspecified atom stereocenters. The monoisotopic (exact) mass is 129 g/mol. The quantitative estimate of drug-likeness (QED) is 0.520. The van der Waals surface area contributed by atoms with Crippen LogP contribution in [0.15, 0.2) is 0 Å². The SMILES string of the molecule is N[C@H]1C[C@H]2CC[C@@H]1[C@H]2F. The number of nitrogens with two attached hydrogens (primary N) is 1. The van der Waals surface area contributed by atoms with Gasteiger partial charge >= 0.3 is 0 Å². The smallest absolute Gasteiger partial charge is 0.107 e. The van der Waals surface area contributed by atoms with E-state index < -0.39 is 6.17 Å². The molecule has 2 N–H and O–H groups in total. The number of hydrogen-bond donors (Lipinski definition) is 1. The van der Waals surface area contributed by atoms with Crippen LogP contribution in [-0.4, -0.2) is 12.2 Å². The molecule has 1 nitrogen and oxygen atoms in total. The van der Waals surface area contributed by atoms with Crippen LogP contribution < -0.4 is 5.73 Å². The van der Waals surface area contributed by atoms with E-state index in [1.54, 1.807) is 0 Å². The molecule has 0 aromatic rings. The van der Waals surface area contributed by atoms with Crippen molar-refractivity contribution < 1.29 is 4.39 Å². The van der Waals surface area contributed by atoms with E-state index in [9.17, 15) is 4.39 Å². The second-order valence-corrected chi connectivity index (χ2v) is 3.35. The summed E-state index contributed by atoms with van der Waals surface area (Å²) in [5.41, 5.74) is 5.67. The zero-order chi connectivity index (χ0) is 6.43. The van der Waals surface area contributed by atoms with Gasteiger partial charge in [0.15, 0.2) is 0 Å². The summed E-state index contributed by atoms with van der Waals surface area (Å²) >= 11 is 0. The lowest BCUT2D eigenvalue weighted by atomic mass is 9.96. The fourth-order valence-corrected chi connectivity index (χ4v) is 2.30. The molecule has 2 bridgehead atoms. The standard InChI is InChI=1S/C7H12FN/c8-7-4-1-2-5(7)6(9)3-4/h4-7H,1-3,9H2/t4-,5+,6+,7+/m1/s1. The first-order chi connectivity index (χ1) is 4.29. The Labute approximate surface area is 54.4 Å². The highest BCUT2D eigenvalue weighted by molar-refractivity contribution is 4.99. The van der Waals surface area contributed by atoms with Crippen molar-refractivity contribution in [2.45, 2.75) is 31.5 Å². The molecular formula is C7H12FN. The lowest BCUT2D eigenvalue weighted by Gasteiger charge is -2.14. The van der Waals surface area contributed by atoms with Gasteiger partial charge in [-0.1, -0.05) is 0 Å². The predicted molar refractivity (Wildman–Crippen MR) is 33.7 cm³/mol. The predicted octanol–water partition coefficient (Wildman–Crippen LogP) is 1.08. The lowest BCUT2D eigenvalue weighted by Crippen LogP contribution is -2.27. The van der Waals surface area contributed by atoms with E-state index in [1.165, 1.54) is 0 Å². The zero-order valence-electron chi connectivity index (χ0n) is 5.39. The van der Waals surface area contributed by atoms with E-state index in [0.717, 1.165) is 19.3 Å². The average molecular weight is 129 g/mol. The van der Waals surface area contributed by atoms with Gasteiger partial charge in [0.1, 0.15) is 6.17 Å². The van der Waals surface area contributed by atoms with Crippen LogP contribution >= 0.6 is 0 Å². The van der Waals surface area contributed by atoms with Crippen LogP contribution in [0.1, 0.15) is 19.3 Å². The Morgan fingerprint density at radius 2 is 2.11 bits per heavy atom. The van der Waals surface area contributed by atoms with E-state index in [4.69, 9.17) is 5.73 Å². The maximum absolute atomic E-state index is 12.9. The molecule has 9 heavy (non-hydrogen) atoms. The van der Waals surface area contributed by atoms with Crippen LogP contribution in [0, 0.1) is 11.8 Å². The summed E-state index contributed by atoms with van der Waals surface area (Å²) < 4.78 is 12.9. The third-order valence-electron chi connectivity index (χ3n) is 2.86. The third kappa shape index (κ3) is 0.627. The van der Waals surface area contributed by atoms with Gasteiger partial charge in [-0.2, -0.15) is 0 Å². The molecule has 2 aliphatic carbocycles. The normalized spacial score (nSPS) is 56.7. The minimum absolute atomic E-state index is 0.179. The van der Waals surface area contributed by atoms with Crippen molar-refractivity contribution in [3.63, 3.8) is 0 Å². The summed E-state index contributed by atoms with van der Waals surface area (Å²) in [6, 6.07) is 0.179. The first-order valence-corrected chi connectivity index (χ1v) is 3.68. The molecule has 0 aromatic heterocycles. The van der Waals surface area contributed by atoms with Gasteiger partial charge in [-0.25, -0.2) is 4.39 Å². The van der Waals surface area contributed by atoms with Crippen LogP contribution in [0.2, 0.25) is 0 Å². The maximum Gasteiger partial charge on any atom is 0.107 e. The number of halogens is 1. The van der Waals surface area contributed by atoms with Crippen molar-refractivity contribution in [1.29, 1.82) is 0 Å². The van der Waals surface area contributed by atoms with Crippen LogP contribution in [0.3, 0.4) is 0 Å². The molecular weight excluding hydrogens is 117 g/mol. The molecule has 2 heteroatoms. The lowest BCUT2D eigenvalue weighted by molar-refractivity contribution is 0.258. The van der Waals surface area contributed by atoms with Gasteiger partial charge in [0.2, 0.25) is 0 Å². The zero-order valence-corrected chi connectivity index (χ0v) is 5.39. The second-order valence-electron chi connectivity index (χ2n) is 3.35. The summed E-state index contributed by atoms with van der Waals surface area (Å²) in [6.45, 7) is 0. The Balaban J connectivity index is 2.16. The van der Waals surface area contributed by atoms with E-state index in [1.807, 2.05) is 0 Å². The Morgan fingerprint density at radius 1 is 1.33 bits per heavy atom. The fraction of sp³-hybridized carbons (Fsp3) is 1.00. The van der Waals surface area contributed by atoms with Gasteiger partial charge in [0, 0.05) is 12.0 Å². The van der Waals surface area contributed by atoms with E-state index in [0.29, 0.717) is 5.92 Å². The van der Waals surface area contributed by atoms with Crippen molar-refractivity contribution in [2.24, 2.45) is 17.6 Å². The molecule has 2 rings (SSSR count). The Hall–Kier alpha value is -0.110. The van der Waals surface area contributed by atoms with Crippen molar-refractivity contribution in [2.75, 3.05) is 0 Å². The Kier molecular flexibility index (Phi) is 1.06. The molecule has 0 saturated heterocycles. The molecule has 52 valence electrons. The first-order valence-electron chi connectivity index (χ1n) is 3.68. The highest BCUT2D eigenvalue weighted by Crippen LogP contribution is 2.45. The van der Waals surface area contributed by atoms with Gasteiger partial charge < -0.3 is 5.73 Å². The van der Waals surface area contributed by atoms with E-state index >= 15 is 0 Å². The second kappa shape index (κ2) is 1.69. The van der Waals surface area contributed by atoms with Gasteiger partial charge in [0.05, 0.1) is 0 Å². The van der Waals surface area contributed by atoms with Crippen molar-refractivity contribution in [1.82, 2.24) is 0 Å². The number of rotatable bonds is 0. The first kappa shape index (κ1) is 5.66. The molecule has 4 atom stereocenters. The summed E-state index contributed by atoms with van der Waals surface area (Å²) in [7, 11) is 0. The maximum atomic E-state index is 12.9. The Bertz CT molecular complexity index is 126. The van der Waals surface area contributed by atoms with Gasteiger partial charge in [0.25, 0.3) is 0 Å². The molecule has 0 spiro atoms. The molecule has 0 heterocycles. The van der Waals surface area contributed by atoms with Gasteiger partial charge in [-0.05, 0) is 25.2 Å². The fourth-order valence-electron chi connectivity index (χ4n) is 2.30. The van der Waals surface area contributed by atoms with Crippen molar-refractivity contribution >= 4 is 0 Å². The van der Waals surface area contributed by atoms with Crippen LogP contribution in [-0.2, 0) is 0 Å². The number of hydrogen-bond acceptors (Lipinski definition) is 1. The molecule has 2 fully saturated rings. The van der Waals surface area contributed by atoms with E-state index in [-0.39, 0.29) is 12.0 Å². The molecule has 2 aliphatic rings. The topological polar surface area (TPSA) is 26.0 Å². The highest BCUT2D eigenvalue weighted by Gasteiger charge is 2.46. The highest BCUT2D eigenvalue weighted by atomic mass is 19.1. The number of alkyl halides is 1. The number of fused-ring (bicyclic) bond motifs is 2. The average Bonchev–Trinajstić information content (AvgIpc) is 2.25. The molecule has 0 aliphatic heterocycles. The van der Waals surface area contributed by atoms with Gasteiger partial charge in [-0.3, -0.25) is 0 Å². The van der Waals surface area contributed by atoms with Crippen molar-refractivity contribution in [3.05, 3.63) is 0 Å². The third-order valence-corrected chi connectivity index (χ3v) is 2.86. The summed E-state index contributed by atoms with van der Waals surface area (Å²) in [4.78, 5) is 0. The largest absolute Gasteiger partial charge is 0.327 e.